The van der Waals surface area contributed by atoms with Gasteiger partial charge in [-0.15, -0.1) is 0 Å². The van der Waals surface area contributed by atoms with Crippen molar-refractivity contribution in [3.05, 3.63) is 46.4 Å². The molecule has 0 saturated carbocycles. The molecule has 2 rings (SSSR count). The van der Waals surface area contributed by atoms with Gasteiger partial charge >= 0.3 is 0 Å². The van der Waals surface area contributed by atoms with Crippen molar-refractivity contribution in [2.75, 3.05) is 27.2 Å². The van der Waals surface area contributed by atoms with E-state index in [4.69, 9.17) is 0 Å². The number of amidine groups is 1. The third kappa shape index (κ3) is 4.33. The van der Waals surface area contributed by atoms with Crippen LogP contribution in [0.25, 0.3) is 0 Å². The first kappa shape index (κ1) is 18.4. The Bertz CT molecular complexity index is 672. The quantitative estimate of drug-likeness (QED) is 0.483. The van der Waals surface area contributed by atoms with Crippen molar-refractivity contribution in [2.24, 2.45) is 9.98 Å². The molecule has 0 amide bonds. The summed E-state index contributed by atoms with van der Waals surface area (Å²) in [6.45, 7) is 3.26. The lowest BCUT2D eigenvalue weighted by molar-refractivity contribution is 0.188. The molecule has 1 N–H and O–H groups in total. The molecule has 0 bridgehead atoms. The average molecular weight is 345 g/mol. The fourth-order valence-corrected chi connectivity index (χ4v) is 3.43. The van der Waals surface area contributed by atoms with Crippen molar-refractivity contribution in [2.45, 2.75) is 19.4 Å². The van der Waals surface area contributed by atoms with Crippen LogP contribution in [-0.2, 0) is 4.79 Å². The lowest BCUT2D eigenvalue weighted by Crippen LogP contribution is -2.30. The maximum Gasteiger partial charge on any atom is 0.181 e. The van der Waals surface area contributed by atoms with Gasteiger partial charge in [-0.1, -0.05) is 23.9 Å². The van der Waals surface area contributed by atoms with Crippen molar-refractivity contribution < 1.29 is 9.90 Å². The Morgan fingerprint density at radius 1 is 1.42 bits per heavy atom. The van der Waals surface area contributed by atoms with E-state index in [0.29, 0.717) is 6.54 Å². The second-order valence-corrected chi connectivity index (χ2v) is 6.36. The molecular weight excluding hydrogens is 322 g/mol. The van der Waals surface area contributed by atoms with Crippen molar-refractivity contribution in [3.63, 3.8) is 0 Å². The Hall–Kier alpha value is -1.92. The first-order valence-corrected chi connectivity index (χ1v) is 8.76. The standard InChI is InChI=1S/C18H23N3O2S/c1-4-14-9-13(5-6-16(14)19-2)10-17(24-12-22)18(20-3)21-8-7-15(23)11-21/h4-6,9-10,12,15,23H,7-8,11H2,1-3H3/b14-4-,17-10-,19-16?,20-18?. The second-order valence-electron chi connectivity index (χ2n) is 5.49. The third-order valence-corrected chi connectivity index (χ3v) is 4.62. The number of carbonyl (C=O) groups excluding carboxylic acids is 1. The Morgan fingerprint density at radius 3 is 2.75 bits per heavy atom. The van der Waals surface area contributed by atoms with E-state index in [-0.39, 0.29) is 6.10 Å². The fourth-order valence-electron chi connectivity index (χ4n) is 2.79. The molecule has 1 atom stereocenters. The highest BCUT2D eigenvalue weighted by Crippen LogP contribution is 2.25. The lowest BCUT2D eigenvalue weighted by atomic mass is 9.99. The minimum absolute atomic E-state index is 0.337. The minimum Gasteiger partial charge on any atom is -0.391 e. The van der Waals surface area contributed by atoms with Crippen LogP contribution in [0.3, 0.4) is 0 Å². The van der Waals surface area contributed by atoms with E-state index in [2.05, 4.69) is 9.98 Å². The molecule has 6 heteroatoms. The summed E-state index contributed by atoms with van der Waals surface area (Å²) in [4.78, 5) is 22.5. The summed E-state index contributed by atoms with van der Waals surface area (Å²) in [5, 5.41) is 9.76. The molecule has 128 valence electrons. The number of aliphatic imine (C=N–C) groups is 2. The number of likely N-dealkylation sites (tertiary alicyclic amines) is 1. The molecule has 5 nitrogen and oxygen atoms in total. The highest BCUT2D eigenvalue weighted by molar-refractivity contribution is 8.16. The topological polar surface area (TPSA) is 65.3 Å². The van der Waals surface area contributed by atoms with E-state index >= 15 is 0 Å². The molecule has 1 unspecified atom stereocenters. The van der Waals surface area contributed by atoms with E-state index in [1.165, 1.54) is 0 Å². The number of hydrogen-bond donors (Lipinski definition) is 1. The maximum atomic E-state index is 11.1. The fraction of sp³-hybridized carbons (Fsp3) is 0.389. The van der Waals surface area contributed by atoms with Crippen LogP contribution in [0.1, 0.15) is 13.3 Å². The Labute approximate surface area is 147 Å². The van der Waals surface area contributed by atoms with E-state index in [9.17, 15) is 9.90 Å². The number of aliphatic hydroxyl groups is 1. The van der Waals surface area contributed by atoms with Gasteiger partial charge in [-0.2, -0.15) is 0 Å². The van der Waals surface area contributed by atoms with Gasteiger partial charge in [-0.05, 0) is 42.7 Å². The van der Waals surface area contributed by atoms with Gasteiger partial charge in [0.25, 0.3) is 0 Å². The minimum atomic E-state index is -0.337. The van der Waals surface area contributed by atoms with E-state index in [1.807, 2.05) is 42.2 Å². The van der Waals surface area contributed by atoms with Gasteiger partial charge in [0.05, 0.1) is 16.7 Å². The smallest absolute Gasteiger partial charge is 0.181 e. The molecule has 0 spiro atoms. The molecule has 1 saturated heterocycles. The largest absolute Gasteiger partial charge is 0.391 e. The second kappa shape index (κ2) is 8.80. The van der Waals surface area contributed by atoms with E-state index < -0.39 is 0 Å². The summed E-state index contributed by atoms with van der Waals surface area (Å²) in [7, 11) is 3.48. The van der Waals surface area contributed by atoms with E-state index in [0.717, 1.165) is 57.9 Å². The summed E-state index contributed by atoms with van der Waals surface area (Å²) in [6, 6.07) is 0. The molecular formula is C18H23N3O2S. The van der Waals surface area contributed by atoms with Gasteiger partial charge in [0.2, 0.25) is 0 Å². The van der Waals surface area contributed by atoms with Gasteiger partial charge in [-0.25, -0.2) is 0 Å². The molecule has 0 radical (unpaired) electrons. The zero-order valence-electron chi connectivity index (χ0n) is 14.3. The van der Waals surface area contributed by atoms with Gasteiger partial charge in [0.1, 0.15) is 5.84 Å². The van der Waals surface area contributed by atoms with Crippen LogP contribution in [0.15, 0.2) is 56.4 Å². The number of hydrogen-bond acceptors (Lipinski definition) is 5. The Kier molecular flexibility index (Phi) is 6.75. The monoisotopic (exact) mass is 345 g/mol. The third-order valence-electron chi connectivity index (χ3n) is 3.97. The molecule has 24 heavy (non-hydrogen) atoms. The highest BCUT2D eigenvalue weighted by Gasteiger charge is 2.25. The number of β-amino-alcohol motifs (C(OH)–C–C–N with tert-alkyl or cyclic N) is 1. The molecule has 1 fully saturated rings. The van der Waals surface area contributed by atoms with Crippen molar-refractivity contribution >= 4 is 28.9 Å². The lowest BCUT2D eigenvalue weighted by Gasteiger charge is -2.21. The number of rotatable bonds is 4. The predicted octanol–water partition coefficient (Wildman–Crippen LogP) is 2.40. The zero-order chi connectivity index (χ0) is 17.5. The van der Waals surface area contributed by atoms with Crippen LogP contribution in [0.5, 0.6) is 0 Å². The average Bonchev–Trinajstić information content (AvgIpc) is 3.01. The van der Waals surface area contributed by atoms with Gasteiger partial charge in [0, 0.05) is 27.2 Å². The molecule has 1 aliphatic heterocycles. The van der Waals surface area contributed by atoms with Crippen LogP contribution in [-0.4, -0.2) is 60.5 Å². The number of thioether (sulfide) groups is 1. The molecule has 0 aromatic heterocycles. The Morgan fingerprint density at radius 2 is 2.21 bits per heavy atom. The van der Waals surface area contributed by atoms with Crippen LogP contribution < -0.4 is 0 Å². The van der Waals surface area contributed by atoms with Gasteiger partial charge in [0.15, 0.2) is 5.62 Å². The normalized spacial score (nSPS) is 25.6. The number of nitrogens with zero attached hydrogens (tertiary/aromatic N) is 3. The SMILES string of the molecule is C/C=C1C=C(/C=C(\SC=O)C(=NC)N2CCC(O)C2)C=CC/1=NC. The molecule has 1 heterocycles. The van der Waals surface area contributed by atoms with Crippen molar-refractivity contribution in [1.82, 2.24) is 4.90 Å². The van der Waals surface area contributed by atoms with Crippen LogP contribution in [0.4, 0.5) is 0 Å². The summed E-state index contributed by atoms with van der Waals surface area (Å²) < 4.78 is 0. The number of carbonyl (C=O) groups is 1. The van der Waals surface area contributed by atoms with Crippen LogP contribution >= 0.6 is 11.8 Å². The maximum absolute atomic E-state index is 11.1. The molecule has 2 aliphatic rings. The first-order chi connectivity index (χ1) is 11.6. The van der Waals surface area contributed by atoms with Crippen molar-refractivity contribution in [1.29, 1.82) is 0 Å². The predicted molar refractivity (Wildman–Crippen MR) is 102 cm³/mol. The van der Waals surface area contributed by atoms with Crippen LogP contribution in [0.2, 0.25) is 0 Å². The molecule has 0 aromatic carbocycles. The number of aliphatic hydroxyl groups excluding tert-OH is 1. The highest BCUT2D eigenvalue weighted by atomic mass is 32.2. The Balaban J connectivity index is 2.33. The summed E-state index contributed by atoms with van der Waals surface area (Å²) in [6.07, 6.45) is 10.3. The van der Waals surface area contributed by atoms with Gasteiger partial charge < -0.3 is 10.0 Å². The van der Waals surface area contributed by atoms with Gasteiger partial charge in [-0.3, -0.25) is 14.8 Å². The molecule has 1 aliphatic carbocycles. The summed E-state index contributed by atoms with van der Waals surface area (Å²) in [5.74, 6) is 0.745. The zero-order valence-corrected chi connectivity index (χ0v) is 15.1. The first-order valence-electron chi connectivity index (χ1n) is 7.88. The summed E-state index contributed by atoms with van der Waals surface area (Å²) in [5.41, 5.74) is 3.78. The van der Waals surface area contributed by atoms with E-state index in [1.54, 1.807) is 14.1 Å². The molecule has 0 aromatic rings. The van der Waals surface area contributed by atoms with Crippen molar-refractivity contribution in [3.8, 4) is 0 Å². The number of allylic oxidation sites excluding steroid dienone is 7. The summed E-state index contributed by atoms with van der Waals surface area (Å²) >= 11 is 1.11. The van der Waals surface area contributed by atoms with Crippen LogP contribution in [0, 0.1) is 0 Å².